The topological polar surface area (TPSA) is 68.0 Å². The van der Waals surface area contributed by atoms with E-state index in [2.05, 4.69) is 15.5 Å². The van der Waals surface area contributed by atoms with Gasteiger partial charge in [0.25, 0.3) is 5.22 Å². The van der Waals surface area contributed by atoms with Crippen molar-refractivity contribution in [2.45, 2.75) is 31.9 Å². The normalized spacial score (nSPS) is 10.9. The van der Waals surface area contributed by atoms with Crippen LogP contribution in [-0.2, 0) is 4.79 Å². The van der Waals surface area contributed by atoms with Crippen molar-refractivity contribution < 1.29 is 9.21 Å². The summed E-state index contributed by atoms with van der Waals surface area (Å²) in [6, 6.07) is 5.39. The van der Waals surface area contributed by atoms with Crippen molar-refractivity contribution in [2.75, 3.05) is 11.1 Å². The van der Waals surface area contributed by atoms with E-state index in [9.17, 15) is 4.79 Å². The summed E-state index contributed by atoms with van der Waals surface area (Å²) in [6.45, 7) is 5.80. The van der Waals surface area contributed by atoms with Crippen molar-refractivity contribution in [2.24, 2.45) is 0 Å². The van der Waals surface area contributed by atoms with Crippen LogP contribution in [-0.4, -0.2) is 21.9 Å². The fourth-order valence-electron chi connectivity index (χ4n) is 1.57. The maximum Gasteiger partial charge on any atom is 0.277 e. The largest absolute Gasteiger partial charge is 0.416 e. The molecule has 0 aliphatic rings. The van der Waals surface area contributed by atoms with Gasteiger partial charge in [-0.3, -0.25) is 4.79 Å². The molecule has 0 atom stereocenters. The molecule has 2 aromatic rings. The van der Waals surface area contributed by atoms with E-state index in [1.54, 1.807) is 12.1 Å². The van der Waals surface area contributed by atoms with Crippen molar-refractivity contribution >= 4 is 35.0 Å². The van der Waals surface area contributed by atoms with Gasteiger partial charge in [-0.2, -0.15) is 0 Å². The number of rotatable bonds is 5. The van der Waals surface area contributed by atoms with Gasteiger partial charge in [-0.15, -0.1) is 10.2 Å². The van der Waals surface area contributed by atoms with Gasteiger partial charge in [0.15, 0.2) is 0 Å². The van der Waals surface area contributed by atoms with E-state index in [0.29, 0.717) is 21.8 Å². The van der Waals surface area contributed by atoms with Crippen molar-refractivity contribution in [1.82, 2.24) is 10.2 Å². The van der Waals surface area contributed by atoms with Crippen LogP contribution < -0.4 is 5.32 Å². The summed E-state index contributed by atoms with van der Waals surface area (Å²) >= 11 is 7.22. The molecule has 1 N–H and O–H groups in total. The fourth-order valence-corrected chi connectivity index (χ4v) is 2.31. The summed E-state index contributed by atoms with van der Waals surface area (Å²) in [5.41, 5.74) is 1.55. The molecule has 0 fully saturated rings. The fraction of sp³-hybridized carbons (Fsp3) is 0.357. The number of hydrogen-bond acceptors (Lipinski definition) is 5. The van der Waals surface area contributed by atoms with Crippen LogP contribution in [0.4, 0.5) is 5.69 Å². The van der Waals surface area contributed by atoms with Gasteiger partial charge in [0.1, 0.15) is 0 Å². The minimum absolute atomic E-state index is 0.144. The molecule has 0 saturated heterocycles. The van der Waals surface area contributed by atoms with E-state index in [1.807, 2.05) is 26.8 Å². The summed E-state index contributed by atoms with van der Waals surface area (Å²) in [5, 5.41) is 11.7. The number of aromatic nitrogens is 2. The van der Waals surface area contributed by atoms with Gasteiger partial charge in [0, 0.05) is 16.6 Å². The Kier molecular flexibility index (Phi) is 5.25. The number of hydrogen-bond donors (Lipinski definition) is 1. The average Bonchev–Trinajstić information content (AvgIpc) is 2.91. The third-order valence-corrected chi connectivity index (χ3v) is 4.01. The molecule has 0 saturated carbocycles. The SMILES string of the molecule is Cc1c(Cl)cccc1NC(=O)CSc1nnc(C(C)C)o1. The Labute approximate surface area is 132 Å². The molecule has 1 amide bonds. The lowest BCUT2D eigenvalue weighted by Gasteiger charge is -2.08. The van der Waals surface area contributed by atoms with Crippen LogP contribution in [0.15, 0.2) is 27.8 Å². The van der Waals surface area contributed by atoms with E-state index in [4.69, 9.17) is 16.0 Å². The Morgan fingerprint density at radius 2 is 2.19 bits per heavy atom. The number of halogens is 1. The Morgan fingerprint density at radius 1 is 1.43 bits per heavy atom. The molecule has 112 valence electrons. The molecule has 21 heavy (non-hydrogen) atoms. The first-order valence-corrected chi connectivity index (χ1v) is 7.85. The molecular formula is C14H16ClN3O2S. The first-order chi connectivity index (χ1) is 9.97. The maximum atomic E-state index is 11.9. The van der Waals surface area contributed by atoms with Gasteiger partial charge < -0.3 is 9.73 Å². The van der Waals surface area contributed by atoms with Gasteiger partial charge in [-0.05, 0) is 24.6 Å². The molecule has 0 aliphatic heterocycles. The van der Waals surface area contributed by atoms with Crippen molar-refractivity contribution in [1.29, 1.82) is 0 Å². The van der Waals surface area contributed by atoms with Crippen LogP contribution in [0.25, 0.3) is 0 Å². The molecule has 0 bridgehead atoms. The van der Waals surface area contributed by atoms with Gasteiger partial charge in [-0.25, -0.2) is 0 Å². The molecule has 0 radical (unpaired) electrons. The predicted octanol–water partition coefficient (Wildman–Crippen LogP) is 3.89. The molecule has 0 unspecified atom stereocenters. The number of carbonyl (C=O) groups is 1. The summed E-state index contributed by atoms with van der Waals surface area (Å²) in [7, 11) is 0. The summed E-state index contributed by atoms with van der Waals surface area (Å²) in [4.78, 5) is 11.9. The molecule has 1 aromatic carbocycles. The van der Waals surface area contributed by atoms with E-state index in [-0.39, 0.29) is 17.6 Å². The lowest BCUT2D eigenvalue weighted by atomic mass is 10.2. The summed E-state index contributed by atoms with van der Waals surface area (Å²) in [5.74, 6) is 0.805. The summed E-state index contributed by atoms with van der Waals surface area (Å²) in [6.07, 6.45) is 0. The molecule has 0 spiro atoms. The van der Waals surface area contributed by atoms with Gasteiger partial charge in [-0.1, -0.05) is 43.3 Å². The van der Waals surface area contributed by atoms with Crippen LogP contribution in [0.2, 0.25) is 5.02 Å². The second kappa shape index (κ2) is 6.95. The second-order valence-electron chi connectivity index (χ2n) is 4.81. The molecular weight excluding hydrogens is 310 g/mol. The van der Waals surface area contributed by atoms with Crippen molar-refractivity contribution in [3.8, 4) is 0 Å². The Morgan fingerprint density at radius 3 is 2.86 bits per heavy atom. The Bertz CT molecular complexity index is 643. The molecule has 7 heteroatoms. The van der Waals surface area contributed by atoms with Crippen molar-refractivity contribution in [3.05, 3.63) is 34.7 Å². The predicted molar refractivity (Wildman–Crippen MR) is 83.9 cm³/mol. The molecule has 1 aromatic heterocycles. The first kappa shape index (κ1) is 15.9. The highest BCUT2D eigenvalue weighted by molar-refractivity contribution is 7.99. The third kappa shape index (κ3) is 4.22. The van der Waals surface area contributed by atoms with Crippen LogP contribution >= 0.6 is 23.4 Å². The zero-order valence-electron chi connectivity index (χ0n) is 12.0. The molecule has 2 rings (SSSR count). The van der Waals surface area contributed by atoms with E-state index in [1.165, 1.54) is 11.8 Å². The molecule has 5 nitrogen and oxygen atoms in total. The zero-order chi connectivity index (χ0) is 15.4. The average molecular weight is 326 g/mol. The zero-order valence-corrected chi connectivity index (χ0v) is 13.6. The van der Waals surface area contributed by atoms with E-state index < -0.39 is 0 Å². The number of nitrogens with one attached hydrogen (secondary N) is 1. The highest BCUT2D eigenvalue weighted by Crippen LogP contribution is 2.24. The highest BCUT2D eigenvalue weighted by atomic mass is 35.5. The van der Waals surface area contributed by atoms with Crippen LogP contribution in [0.1, 0.15) is 31.2 Å². The van der Waals surface area contributed by atoms with E-state index in [0.717, 1.165) is 5.56 Å². The smallest absolute Gasteiger partial charge is 0.277 e. The number of carbonyl (C=O) groups excluding carboxylic acids is 1. The Balaban J connectivity index is 1.91. The van der Waals surface area contributed by atoms with Crippen molar-refractivity contribution in [3.63, 3.8) is 0 Å². The standard InChI is InChI=1S/C14H16ClN3O2S/c1-8(2)13-17-18-14(20-13)21-7-12(19)16-11-6-4-5-10(15)9(11)3/h4-6,8H,7H2,1-3H3,(H,16,19). The van der Waals surface area contributed by atoms with Crippen LogP contribution in [0.5, 0.6) is 0 Å². The number of thioether (sulfide) groups is 1. The molecule has 1 heterocycles. The van der Waals surface area contributed by atoms with Gasteiger partial charge in [0.05, 0.1) is 5.75 Å². The quantitative estimate of drug-likeness (QED) is 0.845. The Hall–Kier alpha value is -1.53. The van der Waals surface area contributed by atoms with Crippen LogP contribution in [0.3, 0.4) is 0 Å². The van der Waals surface area contributed by atoms with Crippen LogP contribution in [0, 0.1) is 6.92 Å². The number of amides is 1. The summed E-state index contributed by atoms with van der Waals surface area (Å²) < 4.78 is 5.43. The van der Waals surface area contributed by atoms with Gasteiger partial charge >= 0.3 is 0 Å². The number of nitrogens with zero attached hydrogens (tertiary/aromatic N) is 2. The second-order valence-corrected chi connectivity index (χ2v) is 6.14. The third-order valence-electron chi connectivity index (χ3n) is 2.78. The number of anilines is 1. The molecule has 0 aliphatic carbocycles. The lowest BCUT2D eigenvalue weighted by Crippen LogP contribution is -2.14. The number of benzene rings is 1. The highest BCUT2D eigenvalue weighted by Gasteiger charge is 2.12. The monoisotopic (exact) mass is 325 g/mol. The van der Waals surface area contributed by atoms with E-state index >= 15 is 0 Å². The van der Waals surface area contributed by atoms with Gasteiger partial charge in [0.2, 0.25) is 11.8 Å². The maximum absolute atomic E-state index is 11.9. The first-order valence-electron chi connectivity index (χ1n) is 6.48. The minimum Gasteiger partial charge on any atom is -0.416 e. The minimum atomic E-state index is -0.144. The lowest BCUT2D eigenvalue weighted by molar-refractivity contribution is -0.113.